The lowest BCUT2D eigenvalue weighted by molar-refractivity contribution is -0.109. The van der Waals surface area contributed by atoms with Gasteiger partial charge in [-0.25, -0.2) is 0 Å². The molecule has 0 amide bonds. The van der Waals surface area contributed by atoms with Gasteiger partial charge in [0.2, 0.25) is 0 Å². The van der Waals surface area contributed by atoms with Gasteiger partial charge >= 0.3 is 0 Å². The van der Waals surface area contributed by atoms with E-state index >= 15 is 0 Å². The second-order valence-corrected chi connectivity index (χ2v) is 2.72. The lowest BCUT2D eigenvalue weighted by atomic mass is 10.3. The van der Waals surface area contributed by atoms with Crippen LogP contribution in [0.25, 0.3) is 0 Å². The third-order valence-electron chi connectivity index (χ3n) is 1.51. The Kier molecular flexibility index (Phi) is 9.73. The number of aldehydes is 2. The maximum atomic E-state index is 9.99. The third-order valence-corrected chi connectivity index (χ3v) is 1.51. The van der Waals surface area contributed by atoms with Crippen molar-refractivity contribution in [1.29, 1.82) is 0 Å². The normalized spacial score (nSPS) is 12.4. The number of ether oxygens (including phenoxy) is 2. The molecule has 0 aromatic rings. The molecule has 14 heavy (non-hydrogen) atoms. The van der Waals surface area contributed by atoms with Gasteiger partial charge in [0, 0.05) is 12.8 Å². The SMILES string of the molecule is NC(CCC=O)OCCOCCC=O. The predicted octanol–water partition coefficient (Wildman–Crippen LogP) is -0.128. The van der Waals surface area contributed by atoms with Crippen molar-refractivity contribution < 1.29 is 19.1 Å². The van der Waals surface area contributed by atoms with Crippen LogP contribution in [-0.2, 0) is 19.1 Å². The van der Waals surface area contributed by atoms with E-state index in [1.165, 1.54) is 0 Å². The number of rotatable bonds is 10. The second kappa shape index (κ2) is 10.3. The molecule has 0 radical (unpaired) electrons. The van der Waals surface area contributed by atoms with Gasteiger partial charge in [0.05, 0.1) is 19.8 Å². The Bertz CT molecular complexity index is 152. The van der Waals surface area contributed by atoms with Crippen molar-refractivity contribution in [2.75, 3.05) is 19.8 Å². The van der Waals surface area contributed by atoms with Crippen LogP contribution in [0.3, 0.4) is 0 Å². The summed E-state index contributed by atoms with van der Waals surface area (Å²) in [5.74, 6) is 0. The second-order valence-electron chi connectivity index (χ2n) is 2.72. The fraction of sp³-hybridized carbons (Fsp3) is 0.778. The van der Waals surface area contributed by atoms with Crippen LogP contribution in [0.2, 0.25) is 0 Å². The van der Waals surface area contributed by atoms with E-state index in [9.17, 15) is 9.59 Å². The molecule has 0 aliphatic carbocycles. The monoisotopic (exact) mass is 203 g/mol. The minimum atomic E-state index is -0.408. The van der Waals surface area contributed by atoms with Crippen molar-refractivity contribution in [1.82, 2.24) is 0 Å². The fourth-order valence-corrected chi connectivity index (χ4v) is 0.808. The first-order valence-corrected chi connectivity index (χ1v) is 4.63. The molecule has 0 fully saturated rings. The summed E-state index contributed by atoms with van der Waals surface area (Å²) in [6.45, 7) is 1.22. The first-order valence-electron chi connectivity index (χ1n) is 4.63. The van der Waals surface area contributed by atoms with Crippen LogP contribution < -0.4 is 5.73 Å². The van der Waals surface area contributed by atoms with Crippen molar-refractivity contribution >= 4 is 12.6 Å². The van der Waals surface area contributed by atoms with Gasteiger partial charge in [-0.3, -0.25) is 0 Å². The van der Waals surface area contributed by atoms with Crippen molar-refractivity contribution in [2.45, 2.75) is 25.5 Å². The highest BCUT2D eigenvalue weighted by Crippen LogP contribution is 1.93. The van der Waals surface area contributed by atoms with E-state index in [0.717, 1.165) is 12.6 Å². The van der Waals surface area contributed by atoms with E-state index in [1.54, 1.807) is 0 Å². The first kappa shape index (κ1) is 13.2. The van der Waals surface area contributed by atoms with Crippen LogP contribution in [0.15, 0.2) is 0 Å². The highest BCUT2D eigenvalue weighted by atomic mass is 16.5. The lowest BCUT2D eigenvalue weighted by Gasteiger charge is -2.11. The van der Waals surface area contributed by atoms with Gasteiger partial charge in [-0.15, -0.1) is 0 Å². The highest BCUT2D eigenvalue weighted by molar-refractivity contribution is 5.49. The van der Waals surface area contributed by atoms with E-state index in [-0.39, 0.29) is 0 Å². The summed E-state index contributed by atoms with van der Waals surface area (Å²) in [6.07, 6.45) is 2.54. The number of carbonyl (C=O) groups is 2. The van der Waals surface area contributed by atoms with Crippen molar-refractivity contribution in [3.8, 4) is 0 Å². The van der Waals surface area contributed by atoms with Gasteiger partial charge in [0.1, 0.15) is 18.8 Å². The molecule has 82 valence electrons. The van der Waals surface area contributed by atoms with E-state index < -0.39 is 6.23 Å². The molecule has 5 nitrogen and oxygen atoms in total. The number of hydrogen-bond donors (Lipinski definition) is 1. The number of hydrogen-bond acceptors (Lipinski definition) is 5. The van der Waals surface area contributed by atoms with Crippen molar-refractivity contribution in [3.05, 3.63) is 0 Å². The van der Waals surface area contributed by atoms with Gasteiger partial charge in [0.15, 0.2) is 0 Å². The van der Waals surface area contributed by atoms with Gasteiger partial charge in [-0.05, 0) is 6.42 Å². The van der Waals surface area contributed by atoms with Gasteiger partial charge in [0.25, 0.3) is 0 Å². The minimum absolute atomic E-state index is 0.388. The molecule has 0 aliphatic heterocycles. The average molecular weight is 203 g/mol. The van der Waals surface area contributed by atoms with Crippen molar-refractivity contribution in [3.63, 3.8) is 0 Å². The maximum Gasteiger partial charge on any atom is 0.122 e. The zero-order valence-electron chi connectivity index (χ0n) is 8.19. The van der Waals surface area contributed by atoms with Crippen LogP contribution in [0.5, 0.6) is 0 Å². The molecule has 5 heteroatoms. The Morgan fingerprint density at radius 3 is 2.43 bits per heavy atom. The lowest BCUT2D eigenvalue weighted by Crippen LogP contribution is -2.25. The van der Waals surface area contributed by atoms with Gasteiger partial charge < -0.3 is 24.8 Å². The van der Waals surface area contributed by atoms with Crippen LogP contribution >= 0.6 is 0 Å². The molecule has 0 bridgehead atoms. The average Bonchev–Trinajstić information content (AvgIpc) is 2.20. The minimum Gasteiger partial charge on any atom is -0.379 e. The molecule has 2 N–H and O–H groups in total. The quantitative estimate of drug-likeness (QED) is 0.304. The molecule has 1 atom stereocenters. The summed E-state index contributed by atoms with van der Waals surface area (Å²) in [5.41, 5.74) is 5.51. The summed E-state index contributed by atoms with van der Waals surface area (Å²) < 4.78 is 10.2. The van der Waals surface area contributed by atoms with Gasteiger partial charge in [-0.2, -0.15) is 0 Å². The van der Waals surface area contributed by atoms with Gasteiger partial charge in [-0.1, -0.05) is 0 Å². The molecule has 0 saturated heterocycles. The number of carbonyl (C=O) groups excluding carboxylic acids is 2. The van der Waals surface area contributed by atoms with E-state index in [1.807, 2.05) is 0 Å². The van der Waals surface area contributed by atoms with Crippen LogP contribution in [0, 0.1) is 0 Å². The molecule has 0 spiro atoms. The zero-order valence-corrected chi connectivity index (χ0v) is 8.19. The standard InChI is InChI=1S/C9H17NO4/c10-9(3-1-4-11)14-8-7-13-6-2-5-12/h4-5,9H,1-3,6-8,10H2. The molecule has 0 aromatic carbocycles. The molecular formula is C9H17NO4. The van der Waals surface area contributed by atoms with Crippen molar-refractivity contribution in [2.24, 2.45) is 5.73 Å². The Labute approximate surface area is 83.5 Å². The van der Waals surface area contributed by atoms with Crippen LogP contribution in [-0.4, -0.2) is 38.6 Å². The molecule has 0 rings (SSSR count). The number of nitrogens with two attached hydrogens (primary N) is 1. The third kappa shape index (κ3) is 9.31. The molecule has 1 unspecified atom stereocenters. The molecule has 0 heterocycles. The van der Waals surface area contributed by atoms with E-state index in [4.69, 9.17) is 15.2 Å². The fourth-order valence-electron chi connectivity index (χ4n) is 0.808. The Balaban J connectivity index is 3.09. The Hall–Kier alpha value is -0.780. The summed E-state index contributed by atoms with van der Waals surface area (Å²) in [7, 11) is 0. The zero-order chi connectivity index (χ0) is 10.6. The topological polar surface area (TPSA) is 78.6 Å². The summed E-state index contributed by atoms with van der Waals surface area (Å²) >= 11 is 0. The molecule has 0 saturated carbocycles. The molecular weight excluding hydrogens is 186 g/mol. The van der Waals surface area contributed by atoms with Crippen LogP contribution in [0.4, 0.5) is 0 Å². The highest BCUT2D eigenvalue weighted by Gasteiger charge is 2.00. The van der Waals surface area contributed by atoms with E-state index in [0.29, 0.717) is 39.1 Å². The smallest absolute Gasteiger partial charge is 0.122 e. The Morgan fingerprint density at radius 2 is 1.79 bits per heavy atom. The summed E-state index contributed by atoms with van der Waals surface area (Å²) in [5, 5.41) is 0. The van der Waals surface area contributed by atoms with Crippen LogP contribution in [0.1, 0.15) is 19.3 Å². The first-order chi connectivity index (χ1) is 6.81. The predicted molar refractivity (Wildman–Crippen MR) is 50.7 cm³/mol. The maximum absolute atomic E-state index is 9.99. The molecule has 0 aliphatic rings. The summed E-state index contributed by atoms with van der Waals surface area (Å²) in [6, 6.07) is 0. The summed E-state index contributed by atoms with van der Waals surface area (Å²) in [4.78, 5) is 19.9. The largest absolute Gasteiger partial charge is 0.379 e. The van der Waals surface area contributed by atoms with E-state index in [2.05, 4.69) is 0 Å². The molecule has 0 aromatic heterocycles. The Morgan fingerprint density at radius 1 is 1.07 bits per heavy atom.